The number of nitrogens with one attached hydrogen (secondary N) is 2. The molecule has 108 valence electrons. The Morgan fingerprint density at radius 3 is 2.57 bits per heavy atom. The van der Waals surface area contributed by atoms with Gasteiger partial charge in [-0.2, -0.15) is 5.26 Å². The fourth-order valence-corrected chi connectivity index (χ4v) is 2.94. The molecule has 1 aromatic carbocycles. The normalized spacial score (nSPS) is 10.7. The zero-order valence-corrected chi connectivity index (χ0v) is 12.2. The van der Waals surface area contributed by atoms with Crippen molar-refractivity contribution in [2.24, 2.45) is 0 Å². The summed E-state index contributed by atoms with van der Waals surface area (Å²) in [4.78, 5) is 3.94. The Morgan fingerprint density at radius 2 is 1.95 bits per heavy atom. The van der Waals surface area contributed by atoms with E-state index >= 15 is 0 Å². The van der Waals surface area contributed by atoms with Gasteiger partial charge in [-0.1, -0.05) is 0 Å². The lowest BCUT2D eigenvalue weighted by molar-refractivity contribution is 0.601. The van der Waals surface area contributed by atoms with Gasteiger partial charge in [-0.05, 0) is 37.3 Å². The van der Waals surface area contributed by atoms with Crippen LogP contribution in [0.3, 0.4) is 0 Å². The third kappa shape index (κ3) is 3.49. The Balaban J connectivity index is 2.32. The Kier molecular flexibility index (Phi) is 4.40. The van der Waals surface area contributed by atoms with Crippen LogP contribution < -0.4 is 10.0 Å². The maximum absolute atomic E-state index is 12.4. The minimum absolute atomic E-state index is 0.0798. The highest BCUT2D eigenvalue weighted by atomic mass is 32.2. The standard InChI is InChI=1S/C14H14N4O2S/c1-2-17-13-7-8-16-10-14(13)21(19,20)18-12-5-3-11(9-15)4-6-12/h3-8,10,18H,2H2,1H3,(H,16,17). The van der Waals surface area contributed by atoms with E-state index in [-0.39, 0.29) is 4.90 Å². The van der Waals surface area contributed by atoms with Crippen molar-refractivity contribution in [1.82, 2.24) is 4.98 Å². The van der Waals surface area contributed by atoms with E-state index in [4.69, 9.17) is 5.26 Å². The molecule has 0 atom stereocenters. The number of rotatable bonds is 5. The maximum atomic E-state index is 12.4. The van der Waals surface area contributed by atoms with Crippen LogP contribution in [0, 0.1) is 11.3 Å². The van der Waals surface area contributed by atoms with E-state index in [2.05, 4.69) is 15.0 Å². The highest BCUT2D eigenvalue weighted by Gasteiger charge is 2.18. The zero-order valence-electron chi connectivity index (χ0n) is 11.4. The number of nitrogens with zero attached hydrogens (tertiary/aromatic N) is 2. The minimum atomic E-state index is -3.74. The topological polar surface area (TPSA) is 94.9 Å². The molecular weight excluding hydrogens is 288 g/mol. The number of hydrogen-bond acceptors (Lipinski definition) is 5. The summed E-state index contributed by atoms with van der Waals surface area (Å²) in [6.07, 6.45) is 2.82. The largest absolute Gasteiger partial charge is 0.384 e. The maximum Gasteiger partial charge on any atom is 0.265 e. The summed E-state index contributed by atoms with van der Waals surface area (Å²) in [7, 11) is -3.74. The average Bonchev–Trinajstić information content (AvgIpc) is 2.48. The smallest absolute Gasteiger partial charge is 0.265 e. The lowest BCUT2D eigenvalue weighted by atomic mass is 10.2. The number of aromatic nitrogens is 1. The van der Waals surface area contributed by atoms with E-state index in [9.17, 15) is 8.42 Å². The number of hydrogen-bond donors (Lipinski definition) is 2. The van der Waals surface area contributed by atoms with E-state index < -0.39 is 10.0 Å². The first-order chi connectivity index (χ1) is 10.1. The summed E-state index contributed by atoms with van der Waals surface area (Å²) >= 11 is 0. The monoisotopic (exact) mass is 302 g/mol. The van der Waals surface area contributed by atoms with Crippen LogP contribution in [-0.4, -0.2) is 19.9 Å². The number of benzene rings is 1. The van der Waals surface area contributed by atoms with E-state index in [0.29, 0.717) is 23.5 Å². The van der Waals surface area contributed by atoms with Gasteiger partial charge in [0.15, 0.2) is 0 Å². The Morgan fingerprint density at radius 1 is 1.24 bits per heavy atom. The van der Waals surface area contributed by atoms with Gasteiger partial charge in [0.05, 0.1) is 17.3 Å². The van der Waals surface area contributed by atoms with Gasteiger partial charge in [-0.15, -0.1) is 0 Å². The lowest BCUT2D eigenvalue weighted by Gasteiger charge is -2.12. The molecule has 0 aliphatic heterocycles. The molecule has 7 heteroatoms. The fourth-order valence-electron chi connectivity index (χ4n) is 1.75. The first kappa shape index (κ1) is 14.8. The van der Waals surface area contributed by atoms with Crippen molar-refractivity contribution in [3.05, 3.63) is 48.3 Å². The molecule has 0 radical (unpaired) electrons. The first-order valence-electron chi connectivity index (χ1n) is 6.27. The molecule has 0 aliphatic rings. The van der Waals surface area contributed by atoms with Crippen molar-refractivity contribution in [3.63, 3.8) is 0 Å². The summed E-state index contributed by atoms with van der Waals surface area (Å²) in [6, 6.07) is 9.76. The molecule has 0 aliphatic carbocycles. The third-order valence-electron chi connectivity index (χ3n) is 2.71. The first-order valence-corrected chi connectivity index (χ1v) is 7.76. The van der Waals surface area contributed by atoms with Crippen LogP contribution in [0.25, 0.3) is 0 Å². The Bertz CT molecular complexity index is 764. The van der Waals surface area contributed by atoms with Crippen LogP contribution in [0.2, 0.25) is 0 Å². The molecule has 1 heterocycles. The van der Waals surface area contributed by atoms with Crippen LogP contribution in [0.5, 0.6) is 0 Å². The highest BCUT2D eigenvalue weighted by Crippen LogP contribution is 2.22. The quantitative estimate of drug-likeness (QED) is 0.882. The lowest BCUT2D eigenvalue weighted by Crippen LogP contribution is -2.15. The molecule has 2 aromatic rings. The molecule has 0 fully saturated rings. The van der Waals surface area contributed by atoms with Gasteiger partial charge >= 0.3 is 0 Å². The minimum Gasteiger partial charge on any atom is -0.384 e. The molecule has 2 rings (SSSR count). The second kappa shape index (κ2) is 6.24. The van der Waals surface area contributed by atoms with Crippen molar-refractivity contribution in [2.45, 2.75) is 11.8 Å². The second-order valence-corrected chi connectivity index (χ2v) is 5.85. The van der Waals surface area contributed by atoms with Crippen LogP contribution in [0.4, 0.5) is 11.4 Å². The molecule has 1 aromatic heterocycles. The highest BCUT2D eigenvalue weighted by molar-refractivity contribution is 7.92. The summed E-state index contributed by atoms with van der Waals surface area (Å²) in [6.45, 7) is 2.48. The van der Waals surface area contributed by atoms with Crippen molar-refractivity contribution >= 4 is 21.4 Å². The molecule has 0 bridgehead atoms. The summed E-state index contributed by atoms with van der Waals surface area (Å²) in [5.74, 6) is 0. The van der Waals surface area contributed by atoms with Gasteiger partial charge in [-0.25, -0.2) is 8.42 Å². The van der Waals surface area contributed by atoms with Gasteiger partial charge in [0.25, 0.3) is 10.0 Å². The van der Waals surface area contributed by atoms with E-state index in [0.717, 1.165) is 0 Å². The molecule has 0 spiro atoms. The Labute approximate surface area is 123 Å². The van der Waals surface area contributed by atoms with Crippen LogP contribution in [-0.2, 0) is 10.0 Å². The Hall–Kier alpha value is -2.59. The van der Waals surface area contributed by atoms with Crippen molar-refractivity contribution in [3.8, 4) is 6.07 Å². The average molecular weight is 302 g/mol. The summed E-state index contributed by atoms with van der Waals surface area (Å²) in [5.41, 5.74) is 1.35. The van der Waals surface area contributed by atoms with E-state index in [1.54, 1.807) is 30.3 Å². The predicted octanol–water partition coefficient (Wildman–Crippen LogP) is 2.19. The van der Waals surface area contributed by atoms with E-state index in [1.807, 2.05) is 13.0 Å². The molecule has 0 unspecified atom stereocenters. The molecule has 0 amide bonds. The molecule has 0 saturated heterocycles. The molecule has 21 heavy (non-hydrogen) atoms. The zero-order chi connectivity index (χ0) is 15.3. The van der Waals surface area contributed by atoms with Gasteiger partial charge < -0.3 is 5.32 Å². The predicted molar refractivity (Wildman–Crippen MR) is 80.4 cm³/mol. The SMILES string of the molecule is CCNc1ccncc1S(=O)(=O)Nc1ccc(C#N)cc1. The summed E-state index contributed by atoms with van der Waals surface area (Å²) < 4.78 is 27.3. The van der Waals surface area contributed by atoms with Crippen LogP contribution in [0.15, 0.2) is 47.6 Å². The van der Waals surface area contributed by atoms with Crippen molar-refractivity contribution in [2.75, 3.05) is 16.6 Å². The van der Waals surface area contributed by atoms with Crippen molar-refractivity contribution < 1.29 is 8.42 Å². The molecule has 2 N–H and O–H groups in total. The molecular formula is C14H14N4O2S. The molecule has 6 nitrogen and oxygen atoms in total. The van der Waals surface area contributed by atoms with Gasteiger partial charge in [0, 0.05) is 24.6 Å². The number of pyridine rings is 1. The fraction of sp³-hybridized carbons (Fsp3) is 0.143. The van der Waals surface area contributed by atoms with Crippen molar-refractivity contribution in [1.29, 1.82) is 5.26 Å². The second-order valence-electron chi connectivity index (χ2n) is 4.20. The van der Waals surface area contributed by atoms with Gasteiger partial charge in [0.2, 0.25) is 0 Å². The number of sulfonamides is 1. The van der Waals surface area contributed by atoms with Gasteiger partial charge in [-0.3, -0.25) is 9.71 Å². The molecule has 0 saturated carbocycles. The van der Waals surface area contributed by atoms with Crippen LogP contribution in [0.1, 0.15) is 12.5 Å². The van der Waals surface area contributed by atoms with Gasteiger partial charge in [0.1, 0.15) is 4.90 Å². The number of nitriles is 1. The third-order valence-corrected chi connectivity index (χ3v) is 4.12. The van der Waals surface area contributed by atoms with E-state index in [1.165, 1.54) is 12.4 Å². The number of anilines is 2. The van der Waals surface area contributed by atoms with Crippen LogP contribution >= 0.6 is 0 Å². The summed E-state index contributed by atoms with van der Waals surface area (Å²) in [5, 5.41) is 11.7.